The van der Waals surface area contributed by atoms with Crippen molar-refractivity contribution in [1.82, 2.24) is 9.78 Å². The maximum Gasteiger partial charge on any atom is 0.343 e. The van der Waals surface area contributed by atoms with E-state index in [9.17, 15) is 9.59 Å². The lowest BCUT2D eigenvalue weighted by molar-refractivity contribution is -0.115. The maximum absolute atomic E-state index is 12.0. The molecule has 0 aliphatic rings. The number of rotatable bonds is 5. The summed E-state index contributed by atoms with van der Waals surface area (Å²) in [5, 5.41) is 15.2. The molecule has 1 aromatic heterocycles. The van der Waals surface area contributed by atoms with E-state index in [0.29, 0.717) is 5.69 Å². The molecule has 0 saturated heterocycles. The van der Waals surface area contributed by atoms with Gasteiger partial charge in [0, 0.05) is 0 Å². The number of esters is 1. The molecule has 0 aliphatic carbocycles. The van der Waals surface area contributed by atoms with Crippen LogP contribution in [-0.2, 0) is 9.53 Å². The third-order valence-corrected chi connectivity index (χ3v) is 2.76. The molecule has 0 atom stereocenters. The molecule has 2 aromatic rings. The minimum atomic E-state index is -0.586. The molecule has 0 spiro atoms. The fourth-order valence-corrected chi connectivity index (χ4v) is 1.84. The number of ether oxygens (including phenoxy) is 1. The number of benzene rings is 1. The number of carbonyl (C=O) groups excluding carboxylic acids is 2. The molecule has 1 aromatic carbocycles. The van der Waals surface area contributed by atoms with Gasteiger partial charge in [0.1, 0.15) is 12.0 Å². The van der Waals surface area contributed by atoms with Gasteiger partial charge in [0.15, 0.2) is 5.82 Å². The summed E-state index contributed by atoms with van der Waals surface area (Å²) in [5.41, 5.74) is 0.808. The van der Waals surface area contributed by atoms with Crippen LogP contribution in [-0.4, -0.2) is 28.3 Å². The molecule has 0 unspecified atom stereocenters. The summed E-state index contributed by atoms with van der Waals surface area (Å²) in [6, 6.07) is 10.8. The van der Waals surface area contributed by atoms with Gasteiger partial charge in [-0.2, -0.15) is 10.4 Å². The zero-order chi connectivity index (χ0) is 15.9. The van der Waals surface area contributed by atoms with Crippen molar-refractivity contribution in [1.29, 1.82) is 5.26 Å². The molecular formula is C15H14N4O3. The molecule has 2 rings (SSSR count). The fourth-order valence-electron chi connectivity index (χ4n) is 1.84. The Balaban J connectivity index is 2.44. The Kier molecular flexibility index (Phi) is 4.88. The Morgan fingerprint density at radius 2 is 2.09 bits per heavy atom. The molecule has 1 amide bonds. The second-order valence-electron chi connectivity index (χ2n) is 4.26. The van der Waals surface area contributed by atoms with E-state index in [1.54, 1.807) is 25.1 Å². The second kappa shape index (κ2) is 7.04. The first-order valence-electron chi connectivity index (χ1n) is 6.64. The lowest BCUT2D eigenvalue weighted by atomic mass is 10.3. The topological polar surface area (TPSA) is 97.0 Å². The highest BCUT2D eigenvalue weighted by molar-refractivity contribution is 6.00. The van der Waals surface area contributed by atoms with Gasteiger partial charge < -0.3 is 10.1 Å². The van der Waals surface area contributed by atoms with E-state index in [2.05, 4.69) is 10.4 Å². The summed E-state index contributed by atoms with van der Waals surface area (Å²) >= 11 is 0. The van der Waals surface area contributed by atoms with Crippen LogP contribution in [0.5, 0.6) is 0 Å². The summed E-state index contributed by atoms with van der Waals surface area (Å²) in [7, 11) is 0. The van der Waals surface area contributed by atoms with Gasteiger partial charge >= 0.3 is 5.97 Å². The SMILES string of the molecule is CCOC(=O)c1cnn(-c2ccccc2)c1NC(=O)CC#N. The van der Waals surface area contributed by atoms with E-state index in [0.717, 1.165) is 0 Å². The Morgan fingerprint density at radius 1 is 1.36 bits per heavy atom. The molecule has 0 bridgehead atoms. The number of anilines is 1. The zero-order valence-corrected chi connectivity index (χ0v) is 11.9. The van der Waals surface area contributed by atoms with Crippen LogP contribution in [0.3, 0.4) is 0 Å². The Labute approximate surface area is 127 Å². The third kappa shape index (κ3) is 3.30. The Morgan fingerprint density at radius 3 is 2.73 bits per heavy atom. The molecule has 112 valence electrons. The highest BCUT2D eigenvalue weighted by atomic mass is 16.5. The van der Waals surface area contributed by atoms with Gasteiger partial charge in [0.05, 0.1) is 24.6 Å². The van der Waals surface area contributed by atoms with Gasteiger partial charge in [-0.05, 0) is 19.1 Å². The molecular weight excluding hydrogens is 284 g/mol. The van der Waals surface area contributed by atoms with E-state index in [1.807, 2.05) is 18.2 Å². The number of carbonyl (C=O) groups is 2. The first-order valence-corrected chi connectivity index (χ1v) is 6.64. The van der Waals surface area contributed by atoms with Crippen LogP contribution in [0.2, 0.25) is 0 Å². The van der Waals surface area contributed by atoms with Gasteiger partial charge in [-0.15, -0.1) is 0 Å². The second-order valence-corrected chi connectivity index (χ2v) is 4.26. The smallest absolute Gasteiger partial charge is 0.343 e. The molecule has 0 aliphatic heterocycles. The van der Waals surface area contributed by atoms with Gasteiger partial charge in [0.2, 0.25) is 5.91 Å². The molecule has 22 heavy (non-hydrogen) atoms. The molecule has 0 radical (unpaired) electrons. The van der Waals surface area contributed by atoms with Crippen molar-refractivity contribution in [2.24, 2.45) is 0 Å². The van der Waals surface area contributed by atoms with Crippen LogP contribution in [0.15, 0.2) is 36.5 Å². The van der Waals surface area contributed by atoms with E-state index in [4.69, 9.17) is 10.00 Å². The van der Waals surface area contributed by atoms with Crippen molar-refractivity contribution in [3.05, 3.63) is 42.1 Å². The number of para-hydroxylation sites is 1. The number of nitrogens with one attached hydrogen (secondary N) is 1. The summed E-state index contributed by atoms with van der Waals surface area (Å²) in [5.74, 6) is -0.924. The summed E-state index contributed by atoms with van der Waals surface area (Å²) in [4.78, 5) is 23.7. The monoisotopic (exact) mass is 298 g/mol. The first kappa shape index (κ1) is 15.3. The zero-order valence-electron chi connectivity index (χ0n) is 11.9. The highest BCUT2D eigenvalue weighted by Gasteiger charge is 2.21. The van der Waals surface area contributed by atoms with Gasteiger partial charge in [-0.3, -0.25) is 4.79 Å². The predicted molar refractivity (Wildman–Crippen MR) is 78.4 cm³/mol. The summed E-state index contributed by atoms with van der Waals surface area (Å²) < 4.78 is 6.37. The van der Waals surface area contributed by atoms with Crippen LogP contribution >= 0.6 is 0 Å². The van der Waals surface area contributed by atoms with Crippen LogP contribution in [0.1, 0.15) is 23.7 Å². The lowest BCUT2D eigenvalue weighted by Crippen LogP contribution is -2.17. The summed E-state index contributed by atoms with van der Waals surface area (Å²) in [6.07, 6.45) is 1.01. The van der Waals surface area contributed by atoms with E-state index in [1.165, 1.54) is 10.9 Å². The first-order chi connectivity index (χ1) is 10.7. The number of nitriles is 1. The average Bonchev–Trinajstić information content (AvgIpc) is 2.92. The van der Waals surface area contributed by atoms with Crippen molar-refractivity contribution in [2.75, 3.05) is 11.9 Å². The quantitative estimate of drug-likeness (QED) is 0.850. The number of nitrogens with zero attached hydrogens (tertiary/aromatic N) is 3. The molecule has 7 nitrogen and oxygen atoms in total. The lowest BCUT2D eigenvalue weighted by Gasteiger charge is -2.10. The van der Waals surface area contributed by atoms with Crippen LogP contribution < -0.4 is 5.32 Å². The van der Waals surface area contributed by atoms with Crippen molar-refractivity contribution < 1.29 is 14.3 Å². The number of hydrogen-bond acceptors (Lipinski definition) is 5. The van der Waals surface area contributed by atoms with Crippen molar-refractivity contribution >= 4 is 17.7 Å². The summed E-state index contributed by atoms with van der Waals surface area (Å²) in [6.45, 7) is 1.90. The number of hydrogen-bond donors (Lipinski definition) is 1. The average molecular weight is 298 g/mol. The van der Waals surface area contributed by atoms with Crippen molar-refractivity contribution in [2.45, 2.75) is 13.3 Å². The van der Waals surface area contributed by atoms with E-state index >= 15 is 0 Å². The fraction of sp³-hybridized carbons (Fsp3) is 0.200. The predicted octanol–water partition coefficient (Wildman–Crippen LogP) is 1.90. The Bertz CT molecular complexity index is 716. The molecule has 0 saturated carbocycles. The van der Waals surface area contributed by atoms with Gasteiger partial charge in [0.25, 0.3) is 0 Å². The molecule has 1 N–H and O–H groups in total. The standard InChI is InChI=1S/C15H14N4O3/c1-2-22-15(21)12-10-17-19(11-6-4-3-5-7-11)14(12)18-13(20)8-9-16/h3-7,10H,2,8H2,1H3,(H,18,20). The van der Waals surface area contributed by atoms with Crippen LogP contribution in [0.25, 0.3) is 5.69 Å². The highest BCUT2D eigenvalue weighted by Crippen LogP contribution is 2.21. The Hall–Kier alpha value is -3.14. The van der Waals surface area contributed by atoms with Crippen molar-refractivity contribution in [3.8, 4) is 11.8 Å². The molecule has 0 fully saturated rings. The van der Waals surface area contributed by atoms with E-state index < -0.39 is 11.9 Å². The van der Waals surface area contributed by atoms with Gasteiger partial charge in [-0.25, -0.2) is 9.48 Å². The van der Waals surface area contributed by atoms with Gasteiger partial charge in [-0.1, -0.05) is 18.2 Å². The largest absolute Gasteiger partial charge is 0.462 e. The molecule has 1 heterocycles. The number of amides is 1. The minimum absolute atomic E-state index is 0.136. The number of aromatic nitrogens is 2. The molecule has 7 heteroatoms. The van der Waals surface area contributed by atoms with Crippen LogP contribution in [0.4, 0.5) is 5.82 Å². The van der Waals surface area contributed by atoms with Crippen molar-refractivity contribution in [3.63, 3.8) is 0 Å². The third-order valence-electron chi connectivity index (χ3n) is 2.76. The van der Waals surface area contributed by atoms with E-state index in [-0.39, 0.29) is 24.4 Å². The minimum Gasteiger partial charge on any atom is -0.462 e. The normalized spacial score (nSPS) is 9.82. The van der Waals surface area contributed by atoms with Crippen LogP contribution in [0, 0.1) is 11.3 Å². The maximum atomic E-state index is 12.0.